The first-order valence-electron chi connectivity index (χ1n) is 7.07. The number of phenolic OH excluding ortho intramolecular Hbond substituents is 1. The molecule has 0 heterocycles. The third-order valence-electron chi connectivity index (χ3n) is 3.53. The monoisotopic (exact) mass is 250 g/mol. The van der Waals surface area contributed by atoms with Crippen LogP contribution in [0.1, 0.15) is 57.4 Å². The van der Waals surface area contributed by atoms with Crippen molar-refractivity contribution in [2.45, 2.75) is 51.9 Å². The number of phenols is 1. The summed E-state index contributed by atoms with van der Waals surface area (Å²) in [6.07, 6.45) is 5.67. The van der Waals surface area contributed by atoms with E-state index in [1.807, 2.05) is 18.2 Å². The third-order valence-corrected chi connectivity index (χ3v) is 3.53. The quantitative estimate of drug-likeness (QED) is 0.683. The van der Waals surface area contributed by atoms with Gasteiger partial charge in [0.15, 0.2) is 0 Å². The molecule has 0 saturated carbocycles. The van der Waals surface area contributed by atoms with Gasteiger partial charge in [-0.2, -0.15) is 0 Å². The van der Waals surface area contributed by atoms with Crippen molar-refractivity contribution in [3.05, 3.63) is 29.8 Å². The highest BCUT2D eigenvalue weighted by atomic mass is 16.3. The predicted octanol–water partition coefficient (Wildman–Crippen LogP) is 4.07. The number of hydrogen-bond acceptors (Lipinski definition) is 2. The molecule has 0 aliphatic heterocycles. The van der Waals surface area contributed by atoms with Crippen LogP contribution in [0.5, 0.6) is 5.75 Å². The smallest absolute Gasteiger partial charge is 0.119 e. The number of benzene rings is 1. The molecule has 0 saturated heterocycles. The van der Waals surface area contributed by atoms with E-state index in [-0.39, 0.29) is 12.5 Å². The van der Waals surface area contributed by atoms with Crippen LogP contribution in [-0.2, 0) is 0 Å². The van der Waals surface area contributed by atoms with Gasteiger partial charge in [-0.3, -0.25) is 0 Å². The summed E-state index contributed by atoms with van der Waals surface area (Å²) in [4.78, 5) is 0. The molecule has 0 aliphatic carbocycles. The summed E-state index contributed by atoms with van der Waals surface area (Å²) in [5.41, 5.74) is 1.04. The molecule has 0 amide bonds. The van der Waals surface area contributed by atoms with Gasteiger partial charge in [0.1, 0.15) is 5.75 Å². The Morgan fingerprint density at radius 3 is 2.50 bits per heavy atom. The van der Waals surface area contributed by atoms with Crippen LogP contribution in [0.25, 0.3) is 0 Å². The summed E-state index contributed by atoms with van der Waals surface area (Å²) in [6, 6.07) is 7.60. The molecule has 18 heavy (non-hydrogen) atoms. The van der Waals surface area contributed by atoms with Crippen molar-refractivity contribution in [3.8, 4) is 5.75 Å². The lowest BCUT2D eigenvalue weighted by Crippen LogP contribution is -2.09. The Kier molecular flexibility index (Phi) is 6.81. The summed E-state index contributed by atoms with van der Waals surface area (Å²) < 4.78 is 0. The van der Waals surface area contributed by atoms with Crippen LogP contribution in [0.3, 0.4) is 0 Å². The van der Waals surface area contributed by atoms with Gasteiger partial charge in [-0.15, -0.1) is 0 Å². The molecule has 102 valence electrons. The molecule has 0 aliphatic rings. The number of rotatable bonds is 8. The summed E-state index contributed by atoms with van der Waals surface area (Å²) in [6.45, 7) is 4.48. The van der Waals surface area contributed by atoms with E-state index in [1.165, 1.54) is 19.3 Å². The molecule has 2 N–H and O–H groups in total. The van der Waals surface area contributed by atoms with E-state index in [0.29, 0.717) is 11.7 Å². The van der Waals surface area contributed by atoms with E-state index < -0.39 is 0 Å². The van der Waals surface area contributed by atoms with Crippen molar-refractivity contribution in [3.63, 3.8) is 0 Å². The minimum atomic E-state index is 0.220. The van der Waals surface area contributed by atoms with Crippen molar-refractivity contribution < 1.29 is 10.2 Å². The Hall–Kier alpha value is -1.02. The van der Waals surface area contributed by atoms with Gasteiger partial charge >= 0.3 is 0 Å². The van der Waals surface area contributed by atoms with Crippen molar-refractivity contribution in [2.75, 3.05) is 6.61 Å². The molecule has 1 aromatic carbocycles. The molecule has 1 rings (SSSR count). The number of aliphatic hydroxyl groups excluding tert-OH is 1. The zero-order chi connectivity index (χ0) is 13.4. The van der Waals surface area contributed by atoms with Crippen molar-refractivity contribution in [1.29, 1.82) is 0 Å². The van der Waals surface area contributed by atoms with E-state index in [9.17, 15) is 10.2 Å². The second-order valence-corrected chi connectivity index (χ2v) is 5.27. The number of hydrogen-bond donors (Lipinski definition) is 2. The van der Waals surface area contributed by atoms with Gasteiger partial charge in [-0.05, 0) is 36.3 Å². The van der Waals surface area contributed by atoms with E-state index in [1.54, 1.807) is 6.07 Å². The lowest BCUT2D eigenvalue weighted by molar-refractivity contribution is 0.220. The maximum atomic E-state index is 9.96. The number of para-hydroxylation sites is 1. The van der Waals surface area contributed by atoms with Gasteiger partial charge in [-0.1, -0.05) is 51.3 Å². The largest absolute Gasteiger partial charge is 0.508 e. The molecule has 0 radical (unpaired) electrons. The standard InChI is InChI=1S/C16H26O2/c1-3-4-5-8-14(11-13(2)12-17)15-9-6-7-10-16(15)18/h6-7,9-10,13-14,17-18H,3-5,8,11-12H2,1-2H3. The minimum Gasteiger partial charge on any atom is -0.508 e. The Labute approximate surface area is 111 Å². The van der Waals surface area contributed by atoms with E-state index in [0.717, 1.165) is 18.4 Å². The fourth-order valence-corrected chi connectivity index (χ4v) is 2.43. The van der Waals surface area contributed by atoms with Gasteiger partial charge in [0.05, 0.1) is 0 Å². The lowest BCUT2D eigenvalue weighted by Gasteiger charge is -2.21. The van der Waals surface area contributed by atoms with Gasteiger partial charge in [-0.25, -0.2) is 0 Å². The Bertz CT molecular complexity index is 336. The minimum absolute atomic E-state index is 0.220. The van der Waals surface area contributed by atoms with Crippen LogP contribution in [0.15, 0.2) is 24.3 Å². The van der Waals surface area contributed by atoms with Crippen molar-refractivity contribution in [2.24, 2.45) is 5.92 Å². The molecule has 1 aromatic rings. The normalized spacial score (nSPS) is 14.4. The topological polar surface area (TPSA) is 40.5 Å². The number of aliphatic hydroxyl groups is 1. The van der Waals surface area contributed by atoms with Crippen molar-refractivity contribution in [1.82, 2.24) is 0 Å². The first kappa shape index (κ1) is 15.0. The number of aromatic hydroxyl groups is 1. The maximum absolute atomic E-state index is 9.96. The van der Waals surface area contributed by atoms with E-state index >= 15 is 0 Å². The molecule has 2 heteroatoms. The Balaban J connectivity index is 2.73. The summed E-state index contributed by atoms with van der Waals surface area (Å²) in [5.74, 6) is 1.04. The molecular formula is C16H26O2. The molecule has 2 atom stereocenters. The summed E-state index contributed by atoms with van der Waals surface area (Å²) in [5, 5.41) is 19.2. The van der Waals surface area contributed by atoms with Gasteiger partial charge < -0.3 is 10.2 Å². The zero-order valence-corrected chi connectivity index (χ0v) is 11.6. The van der Waals surface area contributed by atoms with Gasteiger partial charge in [0.25, 0.3) is 0 Å². The average Bonchev–Trinajstić information content (AvgIpc) is 2.38. The van der Waals surface area contributed by atoms with Crippen LogP contribution in [0.4, 0.5) is 0 Å². The van der Waals surface area contributed by atoms with Gasteiger partial charge in [0, 0.05) is 6.61 Å². The van der Waals surface area contributed by atoms with E-state index in [4.69, 9.17) is 0 Å². The first-order valence-corrected chi connectivity index (χ1v) is 7.07. The van der Waals surface area contributed by atoms with Crippen LogP contribution >= 0.6 is 0 Å². The number of unbranched alkanes of at least 4 members (excludes halogenated alkanes) is 2. The van der Waals surface area contributed by atoms with E-state index in [2.05, 4.69) is 13.8 Å². The zero-order valence-electron chi connectivity index (χ0n) is 11.6. The SMILES string of the molecule is CCCCCC(CC(C)CO)c1ccccc1O. The molecule has 0 bridgehead atoms. The second kappa shape index (κ2) is 8.15. The Morgan fingerprint density at radius 2 is 1.89 bits per heavy atom. The van der Waals surface area contributed by atoms with Crippen LogP contribution < -0.4 is 0 Å². The highest BCUT2D eigenvalue weighted by Gasteiger charge is 2.17. The molecule has 0 aromatic heterocycles. The molecule has 0 spiro atoms. The lowest BCUT2D eigenvalue weighted by atomic mass is 9.85. The second-order valence-electron chi connectivity index (χ2n) is 5.27. The van der Waals surface area contributed by atoms with Crippen LogP contribution in [0, 0.1) is 5.92 Å². The summed E-state index contributed by atoms with van der Waals surface area (Å²) >= 11 is 0. The molecule has 2 unspecified atom stereocenters. The van der Waals surface area contributed by atoms with Gasteiger partial charge in [0.2, 0.25) is 0 Å². The maximum Gasteiger partial charge on any atom is 0.119 e. The first-order chi connectivity index (χ1) is 8.69. The highest BCUT2D eigenvalue weighted by molar-refractivity contribution is 5.34. The predicted molar refractivity (Wildman–Crippen MR) is 75.9 cm³/mol. The Morgan fingerprint density at radius 1 is 1.17 bits per heavy atom. The molecule has 2 nitrogen and oxygen atoms in total. The molecular weight excluding hydrogens is 224 g/mol. The molecule has 0 fully saturated rings. The fourth-order valence-electron chi connectivity index (χ4n) is 2.43. The highest BCUT2D eigenvalue weighted by Crippen LogP contribution is 2.34. The van der Waals surface area contributed by atoms with Crippen LogP contribution in [0.2, 0.25) is 0 Å². The van der Waals surface area contributed by atoms with Crippen LogP contribution in [-0.4, -0.2) is 16.8 Å². The third kappa shape index (κ3) is 4.69. The average molecular weight is 250 g/mol. The fraction of sp³-hybridized carbons (Fsp3) is 0.625. The summed E-state index contributed by atoms with van der Waals surface area (Å²) in [7, 11) is 0. The van der Waals surface area contributed by atoms with Crippen molar-refractivity contribution >= 4 is 0 Å².